The van der Waals surface area contributed by atoms with Gasteiger partial charge in [-0.25, -0.2) is 4.79 Å². The van der Waals surface area contributed by atoms with Crippen LogP contribution in [0, 0.1) is 10.1 Å². The number of furan rings is 1. The molecule has 25 heavy (non-hydrogen) atoms. The number of nitrogens with one attached hydrogen (secondary N) is 1. The van der Waals surface area contributed by atoms with Crippen LogP contribution in [0.25, 0.3) is 11.0 Å². The van der Waals surface area contributed by atoms with Crippen LogP contribution < -0.4 is 5.32 Å². The summed E-state index contributed by atoms with van der Waals surface area (Å²) < 4.78 is 5.24. The highest BCUT2D eigenvalue weighted by atomic mass is 35.5. The first kappa shape index (κ1) is 16.5. The standard InChI is InChI=1S/C16H9ClN2O6/c17-9-3-6-12-11(7-9)13(14(25-12)16(21)22)18-15(20)8-1-4-10(5-2-8)19(23)24/h1-7H,(H,18,20)(H,21,22). The first-order chi connectivity index (χ1) is 11.9. The van der Waals surface area contributed by atoms with Crippen molar-refractivity contribution in [2.45, 2.75) is 0 Å². The number of halogens is 1. The summed E-state index contributed by atoms with van der Waals surface area (Å²) in [6.07, 6.45) is 0. The Labute approximate surface area is 144 Å². The molecule has 0 saturated heterocycles. The van der Waals surface area contributed by atoms with E-state index in [0.717, 1.165) is 0 Å². The summed E-state index contributed by atoms with van der Waals surface area (Å²) in [7, 11) is 0. The lowest BCUT2D eigenvalue weighted by atomic mass is 10.1. The number of hydrogen-bond donors (Lipinski definition) is 2. The molecule has 0 unspecified atom stereocenters. The number of nitrogens with zero attached hydrogens (tertiary/aromatic N) is 1. The molecule has 2 N–H and O–H groups in total. The molecule has 1 heterocycles. The van der Waals surface area contributed by atoms with Gasteiger partial charge in [-0.15, -0.1) is 0 Å². The van der Waals surface area contributed by atoms with Gasteiger partial charge in [0.25, 0.3) is 11.6 Å². The summed E-state index contributed by atoms with van der Waals surface area (Å²) in [5, 5.41) is 23.1. The number of aromatic carboxylic acids is 1. The van der Waals surface area contributed by atoms with Crippen molar-refractivity contribution in [2.75, 3.05) is 5.32 Å². The molecule has 0 atom stereocenters. The third-order valence-corrected chi connectivity index (χ3v) is 3.66. The van der Waals surface area contributed by atoms with Gasteiger partial charge in [-0.2, -0.15) is 0 Å². The van der Waals surface area contributed by atoms with Crippen molar-refractivity contribution in [3.8, 4) is 0 Å². The molecule has 3 aromatic rings. The third kappa shape index (κ3) is 3.15. The molecule has 0 aliphatic carbocycles. The largest absolute Gasteiger partial charge is 0.475 e. The van der Waals surface area contributed by atoms with Crippen molar-refractivity contribution in [3.05, 3.63) is 68.9 Å². The van der Waals surface area contributed by atoms with Crippen LogP contribution in [0.3, 0.4) is 0 Å². The predicted octanol–water partition coefficient (Wildman–Crippen LogP) is 3.94. The molecule has 1 amide bonds. The molecule has 0 radical (unpaired) electrons. The Kier molecular flexibility index (Phi) is 4.12. The number of rotatable bonds is 4. The zero-order valence-corrected chi connectivity index (χ0v) is 13.1. The van der Waals surface area contributed by atoms with E-state index >= 15 is 0 Å². The number of benzene rings is 2. The monoisotopic (exact) mass is 360 g/mol. The van der Waals surface area contributed by atoms with Gasteiger partial charge in [-0.1, -0.05) is 11.6 Å². The van der Waals surface area contributed by atoms with Crippen LogP contribution in [0.15, 0.2) is 46.9 Å². The van der Waals surface area contributed by atoms with Crippen LogP contribution in [0.1, 0.15) is 20.9 Å². The van der Waals surface area contributed by atoms with E-state index in [-0.39, 0.29) is 22.5 Å². The Bertz CT molecular complexity index is 1010. The van der Waals surface area contributed by atoms with E-state index in [9.17, 15) is 24.8 Å². The molecule has 8 nitrogen and oxygen atoms in total. The minimum atomic E-state index is -1.36. The summed E-state index contributed by atoms with van der Waals surface area (Å²) in [6.45, 7) is 0. The Hall–Kier alpha value is -3.39. The van der Waals surface area contributed by atoms with Gasteiger partial charge in [0.1, 0.15) is 11.3 Å². The number of non-ortho nitro benzene ring substituents is 1. The van der Waals surface area contributed by atoms with Gasteiger partial charge in [0.05, 0.1) is 4.92 Å². The van der Waals surface area contributed by atoms with Crippen LogP contribution in [0.5, 0.6) is 0 Å². The van der Waals surface area contributed by atoms with Gasteiger partial charge in [-0.3, -0.25) is 14.9 Å². The normalized spacial score (nSPS) is 10.6. The maximum Gasteiger partial charge on any atom is 0.374 e. The fourth-order valence-electron chi connectivity index (χ4n) is 2.26. The Balaban J connectivity index is 2.00. The van der Waals surface area contributed by atoms with Crippen LogP contribution in [-0.4, -0.2) is 21.9 Å². The van der Waals surface area contributed by atoms with Gasteiger partial charge in [0.15, 0.2) is 0 Å². The fourth-order valence-corrected chi connectivity index (χ4v) is 2.44. The zero-order valence-electron chi connectivity index (χ0n) is 12.4. The number of anilines is 1. The molecule has 0 fully saturated rings. The van der Waals surface area contributed by atoms with Crippen LogP contribution in [0.2, 0.25) is 5.02 Å². The summed E-state index contributed by atoms with van der Waals surface area (Å²) >= 11 is 5.91. The maximum absolute atomic E-state index is 12.3. The molecule has 0 aliphatic rings. The van der Waals surface area contributed by atoms with Crippen molar-refractivity contribution in [3.63, 3.8) is 0 Å². The second kappa shape index (κ2) is 6.25. The SMILES string of the molecule is O=C(Nc1c(C(=O)O)oc2ccc(Cl)cc12)c1ccc([N+](=O)[O-])cc1. The quantitative estimate of drug-likeness (QED) is 0.536. The number of fused-ring (bicyclic) bond motifs is 1. The molecule has 0 saturated carbocycles. The van der Waals surface area contributed by atoms with Crippen molar-refractivity contribution < 1.29 is 24.0 Å². The van der Waals surface area contributed by atoms with Crippen molar-refractivity contribution in [1.82, 2.24) is 0 Å². The van der Waals surface area contributed by atoms with E-state index < -0.39 is 22.6 Å². The number of nitro benzene ring substituents is 1. The van der Waals surface area contributed by atoms with Crippen molar-refractivity contribution >= 4 is 45.8 Å². The van der Waals surface area contributed by atoms with Crippen LogP contribution in [-0.2, 0) is 0 Å². The third-order valence-electron chi connectivity index (χ3n) is 3.42. The van der Waals surface area contributed by atoms with E-state index in [1.165, 1.54) is 42.5 Å². The lowest BCUT2D eigenvalue weighted by molar-refractivity contribution is -0.384. The van der Waals surface area contributed by atoms with Gasteiger partial charge in [0.2, 0.25) is 5.76 Å². The van der Waals surface area contributed by atoms with E-state index in [0.29, 0.717) is 10.4 Å². The van der Waals surface area contributed by atoms with Gasteiger partial charge in [-0.05, 0) is 30.3 Å². The summed E-state index contributed by atoms with van der Waals surface area (Å²) in [4.78, 5) is 33.8. The molecule has 0 bridgehead atoms. The highest BCUT2D eigenvalue weighted by molar-refractivity contribution is 6.31. The minimum Gasteiger partial charge on any atom is -0.475 e. The number of hydrogen-bond acceptors (Lipinski definition) is 5. The van der Waals surface area contributed by atoms with Gasteiger partial charge in [0, 0.05) is 28.1 Å². The number of amides is 1. The lowest BCUT2D eigenvalue weighted by Crippen LogP contribution is -2.13. The molecular formula is C16H9ClN2O6. The van der Waals surface area contributed by atoms with Crippen molar-refractivity contribution in [1.29, 1.82) is 0 Å². The molecular weight excluding hydrogens is 352 g/mol. The molecule has 126 valence electrons. The minimum absolute atomic E-state index is 0.0339. The van der Waals surface area contributed by atoms with Crippen LogP contribution in [0.4, 0.5) is 11.4 Å². The highest BCUT2D eigenvalue weighted by Crippen LogP contribution is 2.33. The van der Waals surface area contributed by atoms with Gasteiger partial charge >= 0.3 is 5.97 Å². The summed E-state index contributed by atoms with van der Waals surface area (Å²) in [5.41, 5.74) is 0.177. The zero-order chi connectivity index (χ0) is 18.1. The summed E-state index contributed by atoms with van der Waals surface area (Å²) in [6, 6.07) is 9.38. The number of carbonyl (C=O) groups excluding carboxylic acids is 1. The topological polar surface area (TPSA) is 123 Å². The van der Waals surface area contributed by atoms with E-state index in [1.54, 1.807) is 0 Å². The van der Waals surface area contributed by atoms with E-state index in [4.69, 9.17) is 16.0 Å². The van der Waals surface area contributed by atoms with E-state index in [2.05, 4.69) is 5.32 Å². The second-order valence-electron chi connectivity index (χ2n) is 5.01. The maximum atomic E-state index is 12.3. The summed E-state index contributed by atoms with van der Waals surface area (Å²) in [5.74, 6) is -2.43. The smallest absolute Gasteiger partial charge is 0.374 e. The van der Waals surface area contributed by atoms with Crippen molar-refractivity contribution in [2.24, 2.45) is 0 Å². The second-order valence-corrected chi connectivity index (χ2v) is 5.45. The molecule has 0 aliphatic heterocycles. The molecule has 2 aromatic carbocycles. The average Bonchev–Trinajstić information content (AvgIpc) is 2.93. The Morgan fingerprint density at radius 2 is 1.84 bits per heavy atom. The van der Waals surface area contributed by atoms with Crippen LogP contribution >= 0.6 is 11.6 Å². The molecule has 1 aromatic heterocycles. The fraction of sp³-hybridized carbons (Fsp3) is 0. The highest BCUT2D eigenvalue weighted by Gasteiger charge is 2.22. The van der Waals surface area contributed by atoms with E-state index in [1.807, 2.05) is 0 Å². The lowest BCUT2D eigenvalue weighted by Gasteiger charge is -2.05. The number of carbonyl (C=O) groups is 2. The molecule has 0 spiro atoms. The number of carboxylic acids is 1. The number of carboxylic acid groups (broad SMARTS) is 1. The average molecular weight is 361 g/mol. The Morgan fingerprint density at radius 3 is 2.44 bits per heavy atom. The predicted molar refractivity (Wildman–Crippen MR) is 89.2 cm³/mol. The molecule has 3 rings (SSSR count). The number of nitro groups is 1. The first-order valence-electron chi connectivity index (χ1n) is 6.88. The first-order valence-corrected chi connectivity index (χ1v) is 7.26. The Morgan fingerprint density at radius 1 is 1.16 bits per heavy atom. The molecule has 9 heteroatoms. The van der Waals surface area contributed by atoms with Gasteiger partial charge < -0.3 is 14.8 Å².